The lowest BCUT2D eigenvalue weighted by Crippen LogP contribution is -2.16. The number of hydrogen-bond donors (Lipinski definition) is 2. The fourth-order valence-corrected chi connectivity index (χ4v) is 1.98. The summed E-state index contributed by atoms with van der Waals surface area (Å²) in [6.07, 6.45) is 0.876. The molecule has 3 N–H and O–H groups in total. The summed E-state index contributed by atoms with van der Waals surface area (Å²) in [4.78, 5) is 11.9. The highest BCUT2D eigenvalue weighted by Gasteiger charge is 2.50. The second-order valence-electron chi connectivity index (χ2n) is 5.44. The Labute approximate surface area is 112 Å². The maximum atomic E-state index is 13.7. The van der Waals surface area contributed by atoms with Crippen LogP contribution in [0.15, 0.2) is 18.2 Å². The van der Waals surface area contributed by atoms with E-state index in [0.717, 1.165) is 6.42 Å². The average Bonchev–Trinajstić information content (AvgIpc) is 2.98. The van der Waals surface area contributed by atoms with Crippen LogP contribution in [0.25, 0.3) is 0 Å². The first-order valence-corrected chi connectivity index (χ1v) is 6.23. The molecule has 1 fully saturated rings. The number of carbonyl (C=O) groups is 1. The second kappa shape index (κ2) is 5.02. The van der Waals surface area contributed by atoms with Gasteiger partial charge in [0.2, 0.25) is 5.91 Å². The molecule has 0 aromatic heterocycles. The monoisotopic (exact) mass is 260 g/mol. The fourth-order valence-electron chi connectivity index (χ4n) is 1.98. The molecule has 0 heterocycles. The first-order chi connectivity index (χ1) is 8.94. The van der Waals surface area contributed by atoms with Gasteiger partial charge in [0.05, 0.1) is 12.1 Å². The molecular weight excluding hydrogens is 243 g/mol. The quantitative estimate of drug-likeness (QED) is 0.800. The van der Waals surface area contributed by atoms with E-state index in [1.807, 2.05) is 13.8 Å². The van der Waals surface area contributed by atoms with Gasteiger partial charge in [0.1, 0.15) is 5.82 Å². The zero-order chi connectivity index (χ0) is 14.0. The van der Waals surface area contributed by atoms with E-state index in [0.29, 0.717) is 5.69 Å². The number of nitrogens with two attached hydrogens (primary N) is 1. The summed E-state index contributed by atoms with van der Waals surface area (Å²) < 4.78 is 13.7. The second-order valence-corrected chi connectivity index (χ2v) is 5.44. The van der Waals surface area contributed by atoms with E-state index in [1.54, 1.807) is 12.1 Å². The Hall–Kier alpha value is -1.86. The van der Waals surface area contributed by atoms with E-state index in [2.05, 4.69) is 17.2 Å². The molecule has 0 radical (unpaired) electrons. The molecule has 1 atom stereocenters. The predicted octanol–water partition coefficient (Wildman–Crippen LogP) is 2.12. The Kier molecular flexibility index (Phi) is 3.59. The number of halogens is 1. The normalized spacial score (nSPS) is 19.3. The molecule has 2 rings (SSSR count). The molecule has 3 nitrogen and oxygen atoms in total. The number of benzene rings is 1. The Morgan fingerprint density at radius 3 is 2.79 bits per heavy atom. The van der Waals surface area contributed by atoms with Crippen molar-refractivity contribution in [3.05, 3.63) is 29.6 Å². The number of rotatable bonds is 2. The zero-order valence-corrected chi connectivity index (χ0v) is 11.1. The smallest absolute Gasteiger partial charge is 0.228 e. The summed E-state index contributed by atoms with van der Waals surface area (Å²) in [6.45, 7) is 4.28. The molecule has 1 aliphatic rings. The van der Waals surface area contributed by atoms with Crippen LogP contribution in [-0.2, 0) is 4.79 Å². The summed E-state index contributed by atoms with van der Waals surface area (Å²) in [7, 11) is 0. The number of nitrogens with one attached hydrogen (secondary N) is 1. The molecule has 0 saturated heterocycles. The number of amides is 1. The third-order valence-corrected chi connectivity index (χ3v) is 3.39. The van der Waals surface area contributed by atoms with Crippen molar-refractivity contribution in [3.63, 3.8) is 0 Å². The van der Waals surface area contributed by atoms with Crippen LogP contribution in [-0.4, -0.2) is 12.5 Å². The minimum Gasteiger partial charge on any atom is -0.326 e. The van der Waals surface area contributed by atoms with Crippen molar-refractivity contribution in [2.24, 2.45) is 17.1 Å². The van der Waals surface area contributed by atoms with Crippen molar-refractivity contribution >= 4 is 11.6 Å². The molecule has 1 saturated carbocycles. The highest BCUT2D eigenvalue weighted by molar-refractivity contribution is 5.95. The molecule has 0 bridgehead atoms. The van der Waals surface area contributed by atoms with Crippen molar-refractivity contribution in [2.75, 3.05) is 11.9 Å². The van der Waals surface area contributed by atoms with Gasteiger partial charge >= 0.3 is 0 Å². The minimum atomic E-state index is -0.450. The van der Waals surface area contributed by atoms with Gasteiger partial charge in [-0.25, -0.2) is 4.39 Å². The van der Waals surface area contributed by atoms with Gasteiger partial charge in [0, 0.05) is 11.6 Å². The summed E-state index contributed by atoms with van der Waals surface area (Å²) in [5, 5.41) is 2.73. The van der Waals surface area contributed by atoms with E-state index < -0.39 is 5.82 Å². The summed E-state index contributed by atoms with van der Waals surface area (Å²) in [6, 6.07) is 4.48. The minimum absolute atomic E-state index is 0.0206. The van der Waals surface area contributed by atoms with Crippen LogP contribution in [0.5, 0.6) is 0 Å². The molecule has 1 aliphatic carbocycles. The third kappa shape index (κ3) is 3.12. The van der Waals surface area contributed by atoms with Gasteiger partial charge in [0.25, 0.3) is 0 Å². The van der Waals surface area contributed by atoms with Gasteiger partial charge in [-0.2, -0.15) is 0 Å². The molecule has 100 valence electrons. The molecular formula is C15H17FN2O. The summed E-state index contributed by atoms with van der Waals surface area (Å²) >= 11 is 0. The summed E-state index contributed by atoms with van der Waals surface area (Å²) in [5.74, 6) is 4.75. The highest BCUT2D eigenvalue weighted by atomic mass is 19.1. The van der Waals surface area contributed by atoms with Crippen molar-refractivity contribution in [2.45, 2.75) is 20.3 Å². The van der Waals surface area contributed by atoms with Gasteiger partial charge in [-0.15, -0.1) is 0 Å². The maximum absolute atomic E-state index is 13.7. The number of hydrogen-bond acceptors (Lipinski definition) is 2. The Morgan fingerprint density at radius 2 is 2.26 bits per heavy atom. The van der Waals surface area contributed by atoms with Crippen LogP contribution in [0.2, 0.25) is 0 Å². The van der Waals surface area contributed by atoms with Crippen molar-refractivity contribution in [1.82, 2.24) is 0 Å². The van der Waals surface area contributed by atoms with E-state index >= 15 is 0 Å². The van der Waals surface area contributed by atoms with Gasteiger partial charge in [-0.1, -0.05) is 25.7 Å². The third-order valence-electron chi connectivity index (χ3n) is 3.39. The largest absolute Gasteiger partial charge is 0.326 e. The predicted molar refractivity (Wildman–Crippen MR) is 72.9 cm³/mol. The Morgan fingerprint density at radius 1 is 1.58 bits per heavy atom. The van der Waals surface area contributed by atoms with Crippen molar-refractivity contribution < 1.29 is 9.18 Å². The molecule has 0 aliphatic heterocycles. The number of carbonyl (C=O) groups excluding carboxylic acids is 1. The van der Waals surface area contributed by atoms with E-state index in [1.165, 1.54) is 6.07 Å². The van der Waals surface area contributed by atoms with Crippen LogP contribution in [0, 0.1) is 29.0 Å². The van der Waals surface area contributed by atoms with Gasteiger partial charge in [0.15, 0.2) is 0 Å². The van der Waals surface area contributed by atoms with Crippen LogP contribution < -0.4 is 11.1 Å². The van der Waals surface area contributed by atoms with Crippen molar-refractivity contribution in [3.8, 4) is 11.8 Å². The lowest BCUT2D eigenvalue weighted by atomic mass is 10.1. The first-order valence-electron chi connectivity index (χ1n) is 6.23. The number of anilines is 1. The molecule has 19 heavy (non-hydrogen) atoms. The Bertz CT molecular complexity index is 569. The Balaban J connectivity index is 2.06. The molecule has 1 aromatic carbocycles. The van der Waals surface area contributed by atoms with Crippen LogP contribution >= 0.6 is 0 Å². The molecule has 1 amide bonds. The maximum Gasteiger partial charge on any atom is 0.228 e. The molecule has 0 spiro atoms. The van der Waals surface area contributed by atoms with Crippen LogP contribution in [0.3, 0.4) is 0 Å². The van der Waals surface area contributed by atoms with Crippen LogP contribution in [0.1, 0.15) is 25.8 Å². The lowest BCUT2D eigenvalue weighted by molar-refractivity contribution is -0.117. The van der Waals surface area contributed by atoms with Gasteiger partial charge in [-0.05, 0) is 30.0 Å². The molecule has 1 unspecified atom stereocenters. The van der Waals surface area contributed by atoms with Gasteiger partial charge < -0.3 is 11.1 Å². The average molecular weight is 260 g/mol. The van der Waals surface area contributed by atoms with E-state index in [-0.39, 0.29) is 29.3 Å². The SMILES string of the molecule is CC1(C)CC1C(=O)Nc1ccc(C#CCN)c(F)c1. The lowest BCUT2D eigenvalue weighted by Gasteiger charge is -2.07. The highest BCUT2D eigenvalue weighted by Crippen LogP contribution is 2.51. The fraction of sp³-hybridized carbons (Fsp3) is 0.400. The first kappa shape index (κ1) is 13.6. The van der Waals surface area contributed by atoms with Crippen molar-refractivity contribution in [1.29, 1.82) is 0 Å². The molecule has 4 heteroatoms. The topological polar surface area (TPSA) is 55.1 Å². The standard InChI is InChI=1S/C15H17FN2O/c1-15(2)9-12(15)14(19)18-11-6-5-10(4-3-7-17)13(16)8-11/h5-6,8,12H,7,9,17H2,1-2H3,(H,18,19). The van der Waals surface area contributed by atoms with Gasteiger partial charge in [-0.3, -0.25) is 4.79 Å². The summed E-state index contributed by atoms with van der Waals surface area (Å²) in [5.41, 5.74) is 6.05. The zero-order valence-electron chi connectivity index (χ0n) is 11.1. The van der Waals surface area contributed by atoms with Crippen LogP contribution in [0.4, 0.5) is 10.1 Å². The van der Waals surface area contributed by atoms with E-state index in [9.17, 15) is 9.18 Å². The molecule has 1 aromatic rings. The van der Waals surface area contributed by atoms with E-state index in [4.69, 9.17) is 5.73 Å².